The summed E-state index contributed by atoms with van der Waals surface area (Å²) in [6, 6.07) is 2.02. The molecule has 6 heteroatoms. The maximum Gasteiger partial charge on any atom is 0.320 e. The molecule has 0 fully saturated rings. The zero-order valence-corrected chi connectivity index (χ0v) is 9.77. The SMILES string of the molecule is N[C@@H](Cc1cc(Cl)cc(Cl)c1Cl)C(=O)O. The van der Waals surface area contributed by atoms with Crippen molar-refractivity contribution in [1.29, 1.82) is 0 Å². The molecule has 1 rings (SSSR count). The minimum Gasteiger partial charge on any atom is -0.480 e. The number of carboxylic acids is 1. The number of halogens is 3. The zero-order chi connectivity index (χ0) is 11.6. The molecule has 0 heterocycles. The van der Waals surface area contributed by atoms with Crippen molar-refractivity contribution in [1.82, 2.24) is 0 Å². The van der Waals surface area contributed by atoms with Crippen LogP contribution in [-0.4, -0.2) is 17.1 Å². The van der Waals surface area contributed by atoms with E-state index in [9.17, 15) is 4.79 Å². The second-order valence-electron chi connectivity index (χ2n) is 3.01. The summed E-state index contributed by atoms with van der Waals surface area (Å²) >= 11 is 17.4. The molecule has 0 aromatic heterocycles. The molecule has 0 aliphatic rings. The second-order valence-corrected chi connectivity index (χ2v) is 4.23. The van der Waals surface area contributed by atoms with Gasteiger partial charge in [0.15, 0.2) is 0 Å². The molecular formula is C9H8Cl3NO2. The van der Waals surface area contributed by atoms with Crippen molar-refractivity contribution in [2.75, 3.05) is 0 Å². The van der Waals surface area contributed by atoms with E-state index >= 15 is 0 Å². The van der Waals surface area contributed by atoms with Crippen LogP contribution in [0.4, 0.5) is 0 Å². The maximum atomic E-state index is 10.6. The molecule has 0 amide bonds. The first kappa shape index (κ1) is 12.6. The van der Waals surface area contributed by atoms with Crippen LogP contribution in [0.5, 0.6) is 0 Å². The molecule has 0 spiro atoms. The van der Waals surface area contributed by atoms with E-state index in [-0.39, 0.29) is 16.5 Å². The summed E-state index contributed by atoms with van der Waals surface area (Å²) in [4.78, 5) is 10.6. The van der Waals surface area contributed by atoms with Crippen molar-refractivity contribution < 1.29 is 9.90 Å². The van der Waals surface area contributed by atoms with E-state index in [1.54, 1.807) is 6.07 Å². The monoisotopic (exact) mass is 267 g/mol. The Labute approximate surface area is 102 Å². The van der Waals surface area contributed by atoms with Crippen molar-refractivity contribution in [3.05, 3.63) is 32.8 Å². The van der Waals surface area contributed by atoms with Gasteiger partial charge in [-0.2, -0.15) is 0 Å². The number of hydrogen-bond acceptors (Lipinski definition) is 2. The lowest BCUT2D eigenvalue weighted by atomic mass is 10.1. The fourth-order valence-corrected chi connectivity index (χ4v) is 1.80. The quantitative estimate of drug-likeness (QED) is 0.828. The van der Waals surface area contributed by atoms with Crippen LogP contribution in [0.1, 0.15) is 5.56 Å². The summed E-state index contributed by atoms with van der Waals surface area (Å²) in [7, 11) is 0. The van der Waals surface area contributed by atoms with Gasteiger partial charge in [-0.1, -0.05) is 34.8 Å². The number of carbonyl (C=O) groups is 1. The Morgan fingerprint density at radius 2 is 2.00 bits per heavy atom. The highest BCUT2D eigenvalue weighted by molar-refractivity contribution is 6.43. The Bertz CT molecular complexity index is 395. The zero-order valence-electron chi connectivity index (χ0n) is 7.51. The summed E-state index contributed by atoms with van der Waals surface area (Å²) in [5, 5.41) is 9.62. The molecule has 1 atom stereocenters. The Morgan fingerprint density at radius 3 is 2.53 bits per heavy atom. The molecule has 0 saturated heterocycles. The van der Waals surface area contributed by atoms with Gasteiger partial charge in [-0.15, -0.1) is 0 Å². The minimum absolute atomic E-state index is 0.0917. The van der Waals surface area contributed by atoms with Crippen LogP contribution < -0.4 is 5.73 Å². The number of rotatable bonds is 3. The van der Waals surface area contributed by atoms with E-state index in [1.165, 1.54) is 6.07 Å². The molecule has 3 nitrogen and oxygen atoms in total. The van der Waals surface area contributed by atoms with Crippen LogP contribution in [0.15, 0.2) is 12.1 Å². The molecule has 0 bridgehead atoms. The van der Waals surface area contributed by atoms with Gasteiger partial charge in [-0.3, -0.25) is 4.79 Å². The summed E-state index contributed by atoms with van der Waals surface area (Å²) in [5.41, 5.74) is 5.90. The van der Waals surface area contributed by atoms with Gasteiger partial charge in [0.25, 0.3) is 0 Å². The minimum atomic E-state index is -1.10. The molecule has 82 valence electrons. The first-order valence-corrected chi connectivity index (χ1v) is 5.17. The number of carboxylic acid groups (broad SMARTS) is 1. The standard InChI is InChI=1S/C9H8Cl3NO2/c10-5-1-4(2-7(13)9(14)15)8(12)6(11)3-5/h1,3,7H,2,13H2,(H,14,15)/t7-/m0/s1. The molecule has 0 aliphatic carbocycles. The van der Waals surface area contributed by atoms with Crippen LogP contribution in [0.2, 0.25) is 15.1 Å². The highest BCUT2D eigenvalue weighted by Gasteiger charge is 2.15. The Kier molecular flexibility index (Phi) is 4.22. The predicted molar refractivity (Wildman–Crippen MR) is 60.8 cm³/mol. The van der Waals surface area contributed by atoms with Crippen molar-refractivity contribution in [2.24, 2.45) is 5.73 Å². The Balaban J connectivity index is 2.99. The molecule has 3 N–H and O–H groups in total. The van der Waals surface area contributed by atoms with Gasteiger partial charge in [0.2, 0.25) is 0 Å². The van der Waals surface area contributed by atoms with Gasteiger partial charge in [-0.25, -0.2) is 0 Å². The number of benzene rings is 1. The lowest BCUT2D eigenvalue weighted by Crippen LogP contribution is -2.32. The summed E-state index contributed by atoms with van der Waals surface area (Å²) in [5.74, 6) is -1.10. The molecule has 0 unspecified atom stereocenters. The van der Waals surface area contributed by atoms with Gasteiger partial charge >= 0.3 is 5.97 Å². The summed E-state index contributed by atoms with van der Waals surface area (Å²) < 4.78 is 0. The van der Waals surface area contributed by atoms with Crippen molar-refractivity contribution in [3.8, 4) is 0 Å². The molecule has 15 heavy (non-hydrogen) atoms. The third kappa shape index (κ3) is 3.24. The van der Waals surface area contributed by atoms with Crippen molar-refractivity contribution in [3.63, 3.8) is 0 Å². The Morgan fingerprint density at radius 1 is 1.40 bits per heavy atom. The highest BCUT2D eigenvalue weighted by Crippen LogP contribution is 2.30. The molecule has 0 radical (unpaired) electrons. The Hall–Kier alpha value is -0.480. The van der Waals surface area contributed by atoms with Gasteiger partial charge in [0.1, 0.15) is 6.04 Å². The topological polar surface area (TPSA) is 63.3 Å². The normalized spacial score (nSPS) is 12.5. The molecule has 1 aromatic rings. The fourth-order valence-electron chi connectivity index (χ4n) is 1.08. The van der Waals surface area contributed by atoms with Gasteiger partial charge in [0, 0.05) is 5.02 Å². The van der Waals surface area contributed by atoms with Crippen LogP contribution in [0.25, 0.3) is 0 Å². The number of hydrogen-bond donors (Lipinski definition) is 2. The average molecular weight is 269 g/mol. The van der Waals surface area contributed by atoms with Crippen LogP contribution in [-0.2, 0) is 11.2 Å². The third-order valence-corrected chi connectivity index (χ3v) is 2.88. The first-order chi connectivity index (χ1) is 6.91. The number of nitrogens with two attached hydrogens (primary N) is 1. The van der Waals surface area contributed by atoms with Crippen LogP contribution >= 0.6 is 34.8 Å². The van der Waals surface area contributed by atoms with E-state index in [1.807, 2.05) is 0 Å². The van der Waals surface area contributed by atoms with Gasteiger partial charge in [0.05, 0.1) is 10.0 Å². The molecular weight excluding hydrogens is 260 g/mol. The van der Waals surface area contributed by atoms with Crippen molar-refractivity contribution >= 4 is 40.8 Å². The molecule has 1 aromatic carbocycles. The molecule has 0 aliphatic heterocycles. The lowest BCUT2D eigenvalue weighted by Gasteiger charge is -2.09. The van der Waals surface area contributed by atoms with E-state index in [4.69, 9.17) is 45.6 Å². The second kappa shape index (κ2) is 5.03. The number of aliphatic carboxylic acids is 1. The predicted octanol–water partition coefficient (Wildman–Crippen LogP) is 2.60. The fraction of sp³-hybridized carbons (Fsp3) is 0.222. The van der Waals surface area contributed by atoms with E-state index in [2.05, 4.69) is 0 Å². The van der Waals surface area contributed by atoms with Crippen LogP contribution in [0, 0.1) is 0 Å². The smallest absolute Gasteiger partial charge is 0.320 e. The highest BCUT2D eigenvalue weighted by atomic mass is 35.5. The maximum absolute atomic E-state index is 10.6. The largest absolute Gasteiger partial charge is 0.480 e. The first-order valence-electron chi connectivity index (χ1n) is 4.03. The average Bonchev–Trinajstić information content (AvgIpc) is 2.13. The van der Waals surface area contributed by atoms with Gasteiger partial charge < -0.3 is 10.8 Å². The van der Waals surface area contributed by atoms with Crippen molar-refractivity contribution in [2.45, 2.75) is 12.5 Å². The van der Waals surface area contributed by atoms with E-state index < -0.39 is 12.0 Å². The summed E-state index contributed by atoms with van der Waals surface area (Å²) in [6.45, 7) is 0. The van der Waals surface area contributed by atoms with E-state index in [0.717, 1.165) is 0 Å². The van der Waals surface area contributed by atoms with Crippen LogP contribution in [0.3, 0.4) is 0 Å². The molecule has 0 saturated carbocycles. The van der Waals surface area contributed by atoms with Gasteiger partial charge in [-0.05, 0) is 24.1 Å². The lowest BCUT2D eigenvalue weighted by molar-refractivity contribution is -0.138. The van der Waals surface area contributed by atoms with E-state index in [0.29, 0.717) is 10.6 Å². The summed E-state index contributed by atoms with van der Waals surface area (Å²) in [6.07, 6.45) is 0.0917. The third-order valence-electron chi connectivity index (χ3n) is 1.83.